The topological polar surface area (TPSA) is 112 Å². The van der Waals surface area contributed by atoms with Gasteiger partial charge in [-0.1, -0.05) is 11.6 Å². The molecule has 0 aromatic heterocycles. The largest absolute Gasteiger partial charge is 0.419 e. The van der Waals surface area contributed by atoms with Crippen LogP contribution in [0.15, 0.2) is 17.0 Å². The molecule has 0 saturated carbocycles. The van der Waals surface area contributed by atoms with Crippen LogP contribution in [0.4, 0.5) is 5.69 Å². The van der Waals surface area contributed by atoms with E-state index in [-0.39, 0.29) is 16.5 Å². The molecule has 0 heterocycles. The first-order valence-corrected chi connectivity index (χ1v) is 6.59. The molecule has 1 aromatic rings. The van der Waals surface area contributed by atoms with Crippen molar-refractivity contribution in [3.8, 4) is 5.75 Å². The van der Waals surface area contributed by atoms with Crippen molar-refractivity contribution in [2.24, 2.45) is 5.14 Å². The summed E-state index contributed by atoms with van der Waals surface area (Å²) in [5.74, 6) is -0.952. The summed E-state index contributed by atoms with van der Waals surface area (Å²) in [4.78, 5) is 15.3. The van der Waals surface area contributed by atoms with Gasteiger partial charge in [0.2, 0.25) is 21.5 Å². The van der Waals surface area contributed by atoms with E-state index in [0.717, 1.165) is 6.92 Å². The summed E-state index contributed by atoms with van der Waals surface area (Å²) in [6.07, 6.45) is 0. The van der Waals surface area contributed by atoms with Crippen LogP contribution in [0.25, 0.3) is 0 Å². The van der Waals surface area contributed by atoms with Crippen LogP contribution in [-0.2, 0) is 19.7 Å². The lowest BCUT2D eigenvalue weighted by atomic mass is 10.3. The quantitative estimate of drug-likeness (QED) is 0.342. The van der Waals surface area contributed by atoms with Crippen LogP contribution < -0.4 is 15.4 Å². The van der Waals surface area contributed by atoms with Crippen molar-refractivity contribution in [2.45, 2.75) is 11.8 Å². The molecule has 1 aromatic carbocycles. The van der Waals surface area contributed by atoms with Gasteiger partial charge in [0.05, 0.1) is 12.1 Å². The van der Waals surface area contributed by atoms with Gasteiger partial charge < -0.3 is 4.74 Å². The van der Waals surface area contributed by atoms with Gasteiger partial charge in [0.1, 0.15) is 4.90 Å². The molecule has 0 saturated heterocycles. The Balaban J connectivity index is 3.55. The molecule has 0 amide bonds. The summed E-state index contributed by atoms with van der Waals surface area (Å²) >= 11 is 5.76. The van der Waals surface area contributed by atoms with Gasteiger partial charge in [-0.05, 0) is 6.07 Å². The molecule has 100 valence electrons. The fourth-order valence-corrected chi connectivity index (χ4v) is 2.52. The highest BCUT2D eigenvalue weighted by molar-refractivity contribution is 7.89. The van der Waals surface area contributed by atoms with Crippen molar-refractivity contribution in [1.29, 1.82) is 0 Å². The van der Waals surface area contributed by atoms with Crippen molar-refractivity contribution in [1.82, 2.24) is 0 Å². The Kier molecular flexibility index (Phi) is 4.65. The Morgan fingerprint density at radius 1 is 1.44 bits per heavy atom. The van der Waals surface area contributed by atoms with E-state index in [4.69, 9.17) is 26.3 Å². The number of benzene rings is 1. The van der Waals surface area contributed by atoms with Gasteiger partial charge >= 0.3 is 5.97 Å². The summed E-state index contributed by atoms with van der Waals surface area (Å²) in [5.41, 5.74) is 1.45. The predicted octanol–water partition coefficient (Wildman–Crippen LogP) is -0.331. The number of nitrogens with two attached hydrogens (primary N) is 2. The average Bonchev–Trinajstić information content (AvgIpc) is 2.19. The van der Waals surface area contributed by atoms with Crippen LogP contribution in [-0.4, -0.2) is 21.5 Å². The fraction of sp³-hybridized carbons (Fsp3) is 0.222. The van der Waals surface area contributed by atoms with Gasteiger partial charge in [-0.15, -0.1) is 0 Å². The molecule has 1 rings (SSSR count). The number of hydrogen-bond donors (Lipinski definition) is 2. The molecular weight excluding hydrogens is 284 g/mol. The molecule has 0 aliphatic heterocycles. The zero-order valence-corrected chi connectivity index (χ0v) is 11.2. The number of halogens is 1. The van der Waals surface area contributed by atoms with Crippen molar-refractivity contribution >= 4 is 33.3 Å². The minimum Gasteiger partial charge on any atom is -0.419 e. The van der Waals surface area contributed by atoms with E-state index in [1.165, 1.54) is 24.7 Å². The molecule has 4 N–H and O–H groups in total. The number of carbonyl (C=O) groups is 1. The molecule has 0 atom stereocenters. The molecule has 0 fully saturated rings. The molecule has 0 aliphatic carbocycles. The van der Waals surface area contributed by atoms with Crippen LogP contribution in [0.3, 0.4) is 0 Å². The van der Waals surface area contributed by atoms with Crippen molar-refractivity contribution in [3.63, 3.8) is 0 Å². The third kappa shape index (κ3) is 3.40. The molecule has 18 heavy (non-hydrogen) atoms. The van der Waals surface area contributed by atoms with E-state index in [1.54, 1.807) is 0 Å². The molecule has 0 unspecified atom stereocenters. The van der Waals surface area contributed by atoms with Crippen LogP contribution in [0.2, 0.25) is 5.02 Å². The highest BCUT2D eigenvalue weighted by atomic mass is 35.5. The van der Waals surface area contributed by atoms with E-state index in [1.807, 2.05) is 0 Å². The zero-order valence-electron chi connectivity index (χ0n) is 9.64. The van der Waals surface area contributed by atoms with Crippen molar-refractivity contribution in [3.05, 3.63) is 17.2 Å². The Morgan fingerprint density at radius 2 is 2.06 bits per heavy atom. The molecule has 0 radical (unpaired) electrons. The Morgan fingerprint density at radius 3 is 2.50 bits per heavy atom. The van der Waals surface area contributed by atoms with Gasteiger partial charge in [-0.25, -0.2) is 18.4 Å². The molecule has 9 heteroatoms. The molecule has 0 spiro atoms. The maximum absolute atomic E-state index is 11.5. The van der Waals surface area contributed by atoms with E-state index in [9.17, 15) is 13.2 Å². The van der Waals surface area contributed by atoms with Crippen LogP contribution >= 0.6 is 11.6 Å². The molecule has 0 aliphatic rings. The average molecular weight is 296 g/mol. The fourth-order valence-electron chi connectivity index (χ4n) is 1.29. The first kappa shape index (κ1) is 14.9. The maximum Gasteiger partial charge on any atom is 0.308 e. The van der Waals surface area contributed by atoms with Crippen LogP contribution in [0, 0.1) is 0 Å². The highest BCUT2D eigenvalue weighted by Crippen LogP contribution is 2.35. The normalized spacial score (nSPS) is 11.3. The van der Waals surface area contributed by atoms with E-state index < -0.39 is 20.9 Å². The lowest BCUT2D eigenvalue weighted by Crippen LogP contribution is -2.76. The van der Waals surface area contributed by atoms with Crippen molar-refractivity contribution < 1.29 is 28.3 Å². The summed E-state index contributed by atoms with van der Waals surface area (Å²) in [7, 11) is -2.77. The van der Waals surface area contributed by atoms with Gasteiger partial charge in [0.15, 0.2) is 0 Å². The minimum absolute atomic E-state index is 0.137. The zero-order chi connectivity index (χ0) is 13.9. The number of rotatable bonds is 4. The summed E-state index contributed by atoms with van der Waals surface area (Å²) in [5, 5.41) is 4.90. The van der Waals surface area contributed by atoms with E-state index in [2.05, 4.69) is 0 Å². The van der Waals surface area contributed by atoms with Crippen molar-refractivity contribution in [2.75, 3.05) is 7.11 Å². The SMILES string of the molecule is CO[NH2+]c1ccc(Cl)c(S(N)(=O)=O)c1OC(C)=O. The number of carbonyl (C=O) groups excluding carboxylic acids is 1. The Labute approximate surface area is 109 Å². The van der Waals surface area contributed by atoms with Gasteiger partial charge in [0.25, 0.3) is 0 Å². The smallest absolute Gasteiger partial charge is 0.308 e. The Hall–Kier alpha value is -1.19. The first-order chi connectivity index (χ1) is 8.27. The number of ether oxygens (including phenoxy) is 1. The van der Waals surface area contributed by atoms with E-state index in [0.29, 0.717) is 0 Å². The third-order valence-electron chi connectivity index (χ3n) is 1.87. The Bertz CT molecular complexity index is 573. The van der Waals surface area contributed by atoms with E-state index >= 15 is 0 Å². The number of primary sulfonamides is 1. The molecule has 7 nitrogen and oxygen atoms in total. The second-order valence-corrected chi connectivity index (χ2v) is 5.19. The highest BCUT2D eigenvalue weighted by Gasteiger charge is 2.26. The van der Waals surface area contributed by atoms with Gasteiger partial charge in [0, 0.05) is 13.0 Å². The van der Waals surface area contributed by atoms with Crippen LogP contribution in [0.5, 0.6) is 5.75 Å². The maximum atomic E-state index is 11.5. The van der Waals surface area contributed by atoms with Crippen LogP contribution in [0.1, 0.15) is 6.92 Å². The number of esters is 1. The van der Waals surface area contributed by atoms with Gasteiger partial charge in [-0.3, -0.25) is 4.79 Å². The molecular formula is C9H12ClN2O5S+. The third-order valence-corrected chi connectivity index (χ3v) is 3.27. The monoisotopic (exact) mass is 295 g/mol. The first-order valence-electron chi connectivity index (χ1n) is 4.67. The number of hydrogen-bond acceptors (Lipinski definition) is 5. The summed E-state index contributed by atoms with van der Waals surface area (Å²) < 4.78 is 27.8. The lowest BCUT2D eigenvalue weighted by molar-refractivity contribution is -0.830. The lowest BCUT2D eigenvalue weighted by Gasteiger charge is -2.11. The van der Waals surface area contributed by atoms with Gasteiger partial charge in [-0.2, -0.15) is 5.48 Å². The molecule has 0 bridgehead atoms. The summed E-state index contributed by atoms with van der Waals surface area (Å²) in [6, 6.07) is 2.76. The minimum atomic E-state index is -4.14. The second-order valence-electron chi connectivity index (χ2n) is 3.29. The number of sulfonamides is 1. The standard InChI is InChI=1S/C9H11ClN2O5S/c1-5(13)17-8-7(12-16-2)4-3-6(10)9(8)18(11,14)15/h3-4,12H,1-2H3,(H2,11,14,15)/p+1. The number of quaternary nitrogens is 1. The summed E-state index contributed by atoms with van der Waals surface area (Å²) in [6.45, 7) is 1.13. The second kappa shape index (κ2) is 5.63. The predicted molar refractivity (Wildman–Crippen MR) is 62.7 cm³/mol.